The third kappa shape index (κ3) is 5.84. The first-order valence-electron chi connectivity index (χ1n) is 10.0. The summed E-state index contributed by atoms with van der Waals surface area (Å²) in [6.45, 7) is 2.09. The highest BCUT2D eigenvalue weighted by Gasteiger charge is 2.29. The fourth-order valence-corrected chi connectivity index (χ4v) is 4.16. The minimum Gasteiger partial charge on any atom is -0.350 e. The van der Waals surface area contributed by atoms with Crippen molar-refractivity contribution in [2.45, 2.75) is 63.5 Å². The van der Waals surface area contributed by atoms with Crippen LogP contribution in [0.5, 0.6) is 0 Å². The number of likely N-dealkylation sites (tertiary alicyclic amines) is 1. The molecule has 2 aliphatic rings. The summed E-state index contributed by atoms with van der Waals surface area (Å²) in [6.07, 6.45) is 9.34. The largest absolute Gasteiger partial charge is 0.350 e. The van der Waals surface area contributed by atoms with Gasteiger partial charge in [-0.3, -0.25) is 14.5 Å². The van der Waals surface area contributed by atoms with Crippen molar-refractivity contribution >= 4 is 11.8 Å². The number of hydrogen-bond acceptors (Lipinski definition) is 3. The van der Waals surface area contributed by atoms with Crippen LogP contribution in [0.15, 0.2) is 30.3 Å². The summed E-state index contributed by atoms with van der Waals surface area (Å²) in [6, 6.07) is 10.5. The summed E-state index contributed by atoms with van der Waals surface area (Å²) in [5, 5.41) is 5.81. The van der Waals surface area contributed by atoms with Crippen molar-refractivity contribution in [2.75, 3.05) is 19.6 Å². The maximum atomic E-state index is 12.1. The van der Waals surface area contributed by atoms with E-state index in [1.165, 1.54) is 38.5 Å². The summed E-state index contributed by atoms with van der Waals surface area (Å²) in [5.41, 5.74) is 0.959. The van der Waals surface area contributed by atoms with Crippen LogP contribution in [0.1, 0.15) is 50.5 Å². The van der Waals surface area contributed by atoms with E-state index in [9.17, 15) is 9.59 Å². The molecule has 1 aromatic carbocycles. The number of carbonyl (C=O) groups excluding carboxylic acids is 2. The average Bonchev–Trinajstić information content (AvgIpc) is 2.93. The van der Waals surface area contributed by atoms with Gasteiger partial charge in [0.25, 0.3) is 0 Å². The van der Waals surface area contributed by atoms with E-state index in [2.05, 4.69) is 15.5 Å². The number of hydrogen-bond donors (Lipinski definition) is 2. The van der Waals surface area contributed by atoms with E-state index in [1.807, 2.05) is 30.3 Å². The number of rotatable bonds is 6. The Morgan fingerprint density at radius 1 is 0.962 bits per heavy atom. The first-order chi connectivity index (χ1) is 12.7. The molecule has 0 aromatic heterocycles. The van der Waals surface area contributed by atoms with Crippen LogP contribution in [0.4, 0.5) is 0 Å². The highest BCUT2D eigenvalue weighted by atomic mass is 16.2. The minimum absolute atomic E-state index is 0.0611. The molecule has 142 valence electrons. The Bertz CT molecular complexity index is 582. The molecule has 5 heteroatoms. The van der Waals surface area contributed by atoms with Crippen LogP contribution in [0.2, 0.25) is 0 Å². The van der Waals surface area contributed by atoms with Gasteiger partial charge in [-0.1, -0.05) is 56.0 Å². The third-order valence-electron chi connectivity index (χ3n) is 5.58. The van der Waals surface area contributed by atoms with Crippen molar-refractivity contribution in [2.24, 2.45) is 0 Å². The van der Waals surface area contributed by atoms with Crippen LogP contribution >= 0.6 is 0 Å². The molecule has 26 heavy (non-hydrogen) atoms. The Morgan fingerprint density at radius 3 is 2.42 bits per heavy atom. The SMILES string of the molecule is O=C(Cc1ccccc1)NCC(=O)NC1CCN(C2CCCCCC2)C1. The Kier molecular flexibility index (Phi) is 7.06. The molecule has 1 aliphatic heterocycles. The quantitative estimate of drug-likeness (QED) is 0.768. The maximum absolute atomic E-state index is 12.1. The Hall–Kier alpha value is -1.88. The molecule has 1 aromatic rings. The van der Waals surface area contributed by atoms with E-state index < -0.39 is 0 Å². The van der Waals surface area contributed by atoms with Crippen LogP contribution in [0.25, 0.3) is 0 Å². The number of nitrogens with one attached hydrogen (secondary N) is 2. The van der Waals surface area contributed by atoms with Gasteiger partial charge in [0.2, 0.25) is 11.8 Å². The lowest BCUT2D eigenvalue weighted by Crippen LogP contribution is -2.44. The molecule has 1 saturated heterocycles. The Labute approximate surface area is 156 Å². The fraction of sp³-hybridized carbons (Fsp3) is 0.619. The van der Waals surface area contributed by atoms with Gasteiger partial charge in [-0.2, -0.15) is 0 Å². The maximum Gasteiger partial charge on any atom is 0.239 e. The molecule has 2 fully saturated rings. The molecule has 0 spiro atoms. The number of benzene rings is 1. The van der Waals surface area contributed by atoms with Crippen LogP contribution < -0.4 is 10.6 Å². The fourth-order valence-electron chi connectivity index (χ4n) is 4.16. The summed E-state index contributed by atoms with van der Waals surface area (Å²) < 4.78 is 0. The minimum atomic E-state index is -0.113. The zero-order valence-electron chi connectivity index (χ0n) is 15.6. The molecule has 0 radical (unpaired) electrons. The van der Waals surface area contributed by atoms with Crippen LogP contribution in [0.3, 0.4) is 0 Å². The summed E-state index contributed by atoms with van der Waals surface area (Å²) in [7, 11) is 0. The highest BCUT2D eigenvalue weighted by molar-refractivity contribution is 5.85. The second-order valence-corrected chi connectivity index (χ2v) is 7.63. The van der Waals surface area contributed by atoms with Gasteiger partial charge in [-0.15, -0.1) is 0 Å². The Balaban J connectivity index is 1.35. The van der Waals surface area contributed by atoms with E-state index in [0.29, 0.717) is 12.5 Å². The molecule has 0 bridgehead atoms. The smallest absolute Gasteiger partial charge is 0.239 e. The van der Waals surface area contributed by atoms with Gasteiger partial charge in [-0.25, -0.2) is 0 Å². The monoisotopic (exact) mass is 357 g/mol. The van der Waals surface area contributed by atoms with Crippen molar-refractivity contribution in [3.05, 3.63) is 35.9 Å². The van der Waals surface area contributed by atoms with Gasteiger partial charge in [0.15, 0.2) is 0 Å². The molecule has 1 aliphatic carbocycles. The summed E-state index contributed by atoms with van der Waals surface area (Å²) >= 11 is 0. The number of carbonyl (C=O) groups is 2. The van der Waals surface area contributed by atoms with Crippen molar-refractivity contribution < 1.29 is 9.59 Å². The zero-order chi connectivity index (χ0) is 18.2. The molecular weight excluding hydrogens is 326 g/mol. The van der Waals surface area contributed by atoms with E-state index >= 15 is 0 Å². The van der Waals surface area contributed by atoms with Gasteiger partial charge >= 0.3 is 0 Å². The second kappa shape index (κ2) is 9.72. The molecule has 1 saturated carbocycles. The van der Waals surface area contributed by atoms with E-state index in [-0.39, 0.29) is 24.4 Å². The first kappa shape index (κ1) is 18.9. The van der Waals surface area contributed by atoms with Gasteiger partial charge in [0.05, 0.1) is 13.0 Å². The summed E-state index contributed by atoms with van der Waals surface area (Å²) in [4.78, 5) is 26.7. The lowest BCUT2D eigenvalue weighted by atomic mass is 10.1. The lowest BCUT2D eigenvalue weighted by molar-refractivity contribution is -0.126. The molecule has 1 heterocycles. The van der Waals surface area contributed by atoms with Crippen molar-refractivity contribution in [1.82, 2.24) is 15.5 Å². The van der Waals surface area contributed by atoms with Crippen molar-refractivity contribution in [3.8, 4) is 0 Å². The molecule has 2 amide bonds. The molecule has 3 rings (SSSR count). The summed E-state index contributed by atoms with van der Waals surface area (Å²) in [5.74, 6) is -0.197. The van der Waals surface area contributed by atoms with Crippen molar-refractivity contribution in [1.29, 1.82) is 0 Å². The predicted molar refractivity (Wildman–Crippen MR) is 103 cm³/mol. The van der Waals surface area contributed by atoms with E-state index in [4.69, 9.17) is 0 Å². The van der Waals surface area contributed by atoms with Crippen LogP contribution in [-0.2, 0) is 16.0 Å². The van der Waals surface area contributed by atoms with Gasteiger partial charge < -0.3 is 10.6 Å². The zero-order valence-corrected chi connectivity index (χ0v) is 15.6. The third-order valence-corrected chi connectivity index (χ3v) is 5.58. The molecular formula is C21H31N3O2. The van der Waals surface area contributed by atoms with Gasteiger partial charge in [0.1, 0.15) is 0 Å². The molecule has 2 N–H and O–H groups in total. The second-order valence-electron chi connectivity index (χ2n) is 7.63. The number of nitrogens with zero attached hydrogens (tertiary/aromatic N) is 1. The van der Waals surface area contributed by atoms with Gasteiger partial charge in [0, 0.05) is 25.2 Å². The first-order valence-corrected chi connectivity index (χ1v) is 10.0. The van der Waals surface area contributed by atoms with E-state index in [1.54, 1.807) is 0 Å². The lowest BCUT2D eigenvalue weighted by Gasteiger charge is -2.26. The standard InChI is InChI=1S/C21H31N3O2/c25-20(14-17-8-4-3-5-9-17)22-15-21(26)23-18-12-13-24(16-18)19-10-6-1-2-7-11-19/h3-5,8-9,18-19H,1-2,6-7,10-16H2,(H,22,25)(H,23,26). The average molecular weight is 357 g/mol. The molecule has 1 unspecified atom stereocenters. The van der Waals surface area contributed by atoms with Crippen LogP contribution in [-0.4, -0.2) is 48.4 Å². The molecule has 5 nitrogen and oxygen atoms in total. The van der Waals surface area contributed by atoms with Crippen LogP contribution in [0, 0.1) is 0 Å². The normalized spacial score (nSPS) is 21.9. The predicted octanol–water partition coefficient (Wildman–Crippen LogP) is 2.26. The van der Waals surface area contributed by atoms with Gasteiger partial charge in [-0.05, 0) is 24.8 Å². The Morgan fingerprint density at radius 2 is 1.69 bits per heavy atom. The van der Waals surface area contributed by atoms with Crippen molar-refractivity contribution in [3.63, 3.8) is 0 Å². The van der Waals surface area contributed by atoms with E-state index in [0.717, 1.165) is 25.1 Å². The number of amides is 2. The highest BCUT2D eigenvalue weighted by Crippen LogP contribution is 2.24. The molecule has 1 atom stereocenters. The topological polar surface area (TPSA) is 61.4 Å².